The molecule has 3 aromatic heterocycles. The minimum Gasteiger partial charge on any atom is -0.508 e. The second kappa shape index (κ2) is 9.07. The molecule has 1 amide bonds. The molecule has 3 heterocycles. The van der Waals surface area contributed by atoms with Crippen LogP contribution in [0.1, 0.15) is 33.1 Å². The van der Waals surface area contributed by atoms with Crippen molar-refractivity contribution in [3.8, 4) is 17.0 Å². The third-order valence-corrected chi connectivity index (χ3v) is 5.55. The number of aryl methyl sites for hydroxylation is 3. The third kappa shape index (κ3) is 4.75. The fraction of sp³-hybridized carbons (Fsp3) is 0.320. The molecule has 33 heavy (non-hydrogen) atoms. The first kappa shape index (κ1) is 22.5. The number of carbonyl (C=O) groups is 1. The van der Waals surface area contributed by atoms with Crippen molar-refractivity contribution in [1.82, 2.24) is 19.9 Å². The van der Waals surface area contributed by atoms with Gasteiger partial charge in [-0.15, -0.1) is 0 Å². The molecule has 0 fully saturated rings. The molecule has 1 N–H and O–H groups in total. The summed E-state index contributed by atoms with van der Waals surface area (Å²) in [5.41, 5.74) is 3.66. The zero-order valence-corrected chi connectivity index (χ0v) is 19.5. The number of rotatable bonds is 7. The van der Waals surface area contributed by atoms with E-state index in [4.69, 9.17) is 8.94 Å². The SMILES string of the molecule is Cc1cc(-c2cc(C(=O)N(CCN(C)C)Cc3cccc(O)c3)c3c(C)noc3n2)c(C)o1. The Kier molecular flexibility index (Phi) is 6.20. The number of phenolic OH excluding ortho intramolecular Hbond substituents is 1. The zero-order valence-electron chi connectivity index (χ0n) is 19.5. The van der Waals surface area contributed by atoms with Crippen molar-refractivity contribution in [3.05, 3.63) is 64.7 Å². The topological polar surface area (TPSA) is 95.8 Å². The van der Waals surface area contributed by atoms with Gasteiger partial charge in [-0.25, -0.2) is 4.98 Å². The summed E-state index contributed by atoms with van der Waals surface area (Å²) in [7, 11) is 3.93. The first-order chi connectivity index (χ1) is 15.7. The van der Waals surface area contributed by atoms with E-state index in [-0.39, 0.29) is 11.7 Å². The van der Waals surface area contributed by atoms with E-state index in [1.807, 2.05) is 45.0 Å². The number of aromatic hydroxyl groups is 1. The molecule has 172 valence electrons. The van der Waals surface area contributed by atoms with Gasteiger partial charge in [0.2, 0.25) is 0 Å². The van der Waals surface area contributed by atoms with Crippen molar-refractivity contribution in [2.75, 3.05) is 27.2 Å². The molecular formula is C25H28N4O4. The molecule has 8 nitrogen and oxygen atoms in total. The number of hydrogen-bond donors (Lipinski definition) is 1. The van der Waals surface area contributed by atoms with Crippen LogP contribution in [0, 0.1) is 20.8 Å². The highest BCUT2D eigenvalue weighted by atomic mass is 16.5. The number of furan rings is 1. The number of nitrogens with zero attached hydrogens (tertiary/aromatic N) is 4. The van der Waals surface area contributed by atoms with Crippen LogP contribution in [0.3, 0.4) is 0 Å². The van der Waals surface area contributed by atoms with Gasteiger partial charge in [-0.05, 0) is 64.7 Å². The van der Waals surface area contributed by atoms with Gasteiger partial charge in [0.05, 0.1) is 22.3 Å². The van der Waals surface area contributed by atoms with E-state index in [2.05, 4.69) is 10.1 Å². The van der Waals surface area contributed by atoms with E-state index in [9.17, 15) is 9.90 Å². The normalized spacial score (nSPS) is 11.5. The van der Waals surface area contributed by atoms with Crippen LogP contribution in [0.25, 0.3) is 22.4 Å². The van der Waals surface area contributed by atoms with E-state index in [1.165, 1.54) is 0 Å². The summed E-state index contributed by atoms with van der Waals surface area (Å²) in [4.78, 5) is 22.3. The minimum atomic E-state index is -0.155. The molecule has 0 saturated heterocycles. The average molecular weight is 449 g/mol. The highest BCUT2D eigenvalue weighted by Gasteiger charge is 2.25. The van der Waals surface area contributed by atoms with Crippen molar-refractivity contribution in [2.24, 2.45) is 0 Å². The van der Waals surface area contributed by atoms with Gasteiger partial charge in [0.15, 0.2) is 0 Å². The van der Waals surface area contributed by atoms with Crippen molar-refractivity contribution >= 4 is 17.0 Å². The molecule has 4 rings (SSSR count). The van der Waals surface area contributed by atoms with Gasteiger partial charge >= 0.3 is 0 Å². The number of fused-ring (bicyclic) bond motifs is 1. The van der Waals surface area contributed by atoms with E-state index in [0.29, 0.717) is 47.7 Å². The number of phenols is 1. The molecule has 0 saturated carbocycles. The first-order valence-corrected chi connectivity index (χ1v) is 10.8. The second-order valence-electron chi connectivity index (χ2n) is 8.53. The molecule has 0 aliphatic rings. The monoisotopic (exact) mass is 448 g/mol. The fourth-order valence-corrected chi connectivity index (χ4v) is 3.91. The van der Waals surface area contributed by atoms with Crippen LogP contribution >= 0.6 is 0 Å². The van der Waals surface area contributed by atoms with Gasteiger partial charge in [0.1, 0.15) is 17.3 Å². The number of aromatic nitrogens is 2. The predicted molar refractivity (Wildman–Crippen MR) is 125 cm³/mol. The molecule has 8 heteroatoms. The summed E-state index contributed by atoms with van der Waals surface area (Å²) < 4.78 is 11.1. The Morgan fingerprint density at radius 2 is 1.88 bits per heavy atom. The highest BCUT2D eigenvalue weighted by molar-refractivity contribution is 6.07. The number of benzene rings is 1. The lowest BCUT2D eigenvalue weighted by molar-refractivity contribution is 0.0733. The van der Waals surface area contributed by atoms with Crippen LogP contribution in [0.4, 0.5) is 0 Å². The number of likely N-dealkylation sites (N-methyl/N-ethyl adjacent to an activating group) is 1. The van der Waals surface area contributed by atoms with Crippen LogP contribution < -0.4 is 0 Å². The summed E-state index contributed by atoms with van der Waals surface area (Å²) in [6.07, 6.45) is 0. The number of carbonyl (C=O) groups excluding carboxylic acids is 1. The Hall–Kier alpha value is -3.65. The predicted octanol–water partition coefficient (Wildman–Crippen LogP) is 4.32. The maximum Gasteiger partial charge on any atom is 0.259 e. The fourth-order valence-electron chi connectivity index (χ4n) is 3.91. The summed E-state index contributed by atoms with van der Waals surface area (Å²) in [6, 6.07) is 10.6. The maximum atomic E-state index is 13.9. The molecule has 0 aliphatic heterocycles. The molecule has 0 aliphatic carbocycles. The quantitative estimate of drug-likeness (QED) is 0.450. The average Bonchev–Trinajstić information content (AvgIpc) is 3.31. The van der Waals surface area contributed by atoms with Crippen molar-refractivity contribution in [3.63, 3.8) is 0 Å². The minimum absolute atomic E-state index is 0.155. The Balaban J connectivity index is 1.80. The van der Waals surface area contributed by atoms with Gasteiger partial charge in [0, 0.05) is 25.2 Å². The van der Waals surface area contributed by atoms with Crippen LogP contribution in [0.2, 0.25) is 0 Å². The van der Waals surface area contributed by atoms with Gasteiger partial charge in [-0.2, -0.15) is 0 Å². The molecule has 4 aromatic rings. The van der Waals surface area contributed by atoms with Gasteiger partial charge < -0.3 is 23.8 Å². The number of amides is 1. The van der Waals surface area contributed by atoms with E-state index < -0.39 is 0 Å². The van der Waals surface area contributed by atoms with Gasteiger partial charge in [-0.3, -0.25) is 4.79 Å². The van der Waals surface area contributed by atoms with Gasteiger partial charge in [-0.1, -0.05) is 17.3 Å². The molecule has 1 aromatic carbocycles. The maximum absolute atomic E-state index is 13.9. The van der Waals surface area contributed by atoms with Crippen molar-refractivity contribution in [2.45, 2.75) is 27.3 Å². The Bertz CT molecular complexity index is 1310. The van der Waals surface area contributed by atoms with E-state index >= 15 is 0 Å². The first-order valence-electron chi connectivity index (χ1n) is 10.8. The van der Waals surface area contributed by atoms with Crippen LogP contribution in [-0.2, 0) is 6.54 Å². The Labute approximate surface area is 192 Å². The lowest BCUT2D eigenvalue weighted by Crippen LogP contribution is -2.36. The summed E-state index contributed by atoms with van der Waals surface area (Å²) in [5.74, 6) is 1.50. The summed E-state index contributed by atoms with van der Waals surface area (Å²) >= 11 is 0. The van der Waals surface area contributed by atoms with E-state index in [0.717, 1.165) is 22.6 Å². The second-order valence-corrected chi connectivity index (χ2v) is 8.53. The lowest BCUT2D eigenvalue weighted by atomic mass is 10.0. The number of hydrogen-bond acceptors (Lipinski definition) is 7. The zero-order chi connectivity index (χ0) is 23.7. The molecule has 0 radical (unpaired) electrons. The smallest absolute Gasteiger partial charge is 0.259 e. The Morgan fingerprint density at radius 3 is 2.55 bits per heavy atom. The van der Waals surface area contributed by atoms with Crippen molar-refractivity contribution < 1.29 is 18.8 Å². The molecule has 0 spiro atoms. The standard InChI is InChI=1S/C25H28N4O4/c1-15-11-20(17(3)32-15)22-13-21(23-16(2)27-33-24(23)26-22)25(31)29(10-9-28(4)5)14-18-7-6-8-19(30)12-18/h6-8,11-13,30H,9-10,14H2,1-5H3. The molecular weight excluding hydrogens is 420 g/mol. The van der Waals surface area contributed by atoms with Crippen LogP contribution in [-0.4, -0.2) is 58.1 Å². The molecule has 0 unspecified atom stereocenters. The van der Waals surface area contributed by atoms with Crippen molar-refractivity contribution in [1.29, 1.82) is 0 Å². The molecule has 0 bridgehead atoms. The van der Waals surface area contributed by atoms with Gasteiger partial charge in [0.25, 0.3) is 11.6 Å². The summed E-state index contributed by atoms with van der Waals surface area (Å²) in [6.45, 7) is 7.10. The number of pyridine rings is 1. The van der Waals surface area contributed by atoms with Crippen LogP contribution in [0.5, 0.6) is 5.75 Å². The summed E-state index contributed by atoms with van der Waals surface area (Å²) in [5, 5.41) is 14.6. The highest BCUT2D eigenvalue weighted by Crippen LogP contribution is 2.31. The Morgan fingerprint density at radius 1 is 1.09 bits per heavy atom. The largest absolute Gasteiger partial charge is 0.508 e. The third-order valence-electron chi connectivity index (χ3n) is 5.55. The van der Waals surface area contributed by atoms with Crippen LogP contribution in [0.15, 0.2) is 45.3 Å². The van der Waals surface area contributed by atoms with E-state index in [1.54, 1.807) is 36.1 Å². The lowest BCUT2D eigenvalue weighted by Gasteiger charge is -2.25. The molecule has 0 atom stereocenters.